The molecular weight excluding hydrogens is 280 g/mol. The molecule has 0 fully saturated rings. The second-order valence-corrected chi connectivity index (χ2v) is 4.64. The minimum atomic E-state index is 0.617. The molecule has 2 aromatic heterocycles. The van der Waals surface area contributed by atoms with E-state index in [-0.39, 0.29) is 0 Å². The van der Waals surface area contributed by atoms with Crippen LogP contribution in [-0.2, 0) is 0 Å². The maximum Gasteiger partial charge on any atom is 0.177 e. The molecule has 0 radical (unpaired) electrons. The summed E-state index contributed by atoms with van der Waals surface area (Å²) < 4.78 is 7.11. The van der Waals surface area contributed by atoms with Gasteiger partial charge in [0.25, 0.3) is 0 Å². The molecule has 1 N–H and O–H groups in total. The van der Waals surface area contributed by atoms with Gasteiger partial charge in [0.1, 0.15) is 12.1 Å². The van der Waals surface area contributed by atoms with E-state index in [1.54, 1.807) is 23.1 Å². The first-order valence-electron chi connectivity index (χ1n) is 7.04. The van der Waals surface area contributed by atoms with Crippen molar-refractivity contribution in [2.75, 3.05) is 12.0 Å². The molecule has 0 bridgehead atoms. The van der Waals surface area contributed by atoms with Gasteiger partial charge in [0, 0.05) is 0 Å². The second kappa shape index (κ2) is 6.66. The molecule has 0 saturated heterocycles. The Kier molecular flexibility index (Phi) is 4.24. The first-order chi connectivity index (χ1) is 10.8. The van der Waals surface area contributed by atoms with Gasteiger partial charge < -0.3 is 4.74 Å². The van der Waals surface area contributed by atoms with Gasteiger partial charge in [-0.25, -0.2) is 0 Å². The molecule has 3 aromatic rings. The average Bonchev–Trinajstić information content (AvgIpc) is 3.02. The van der Waals surface area contributed by atoms with Crippen molar-refractivity contribution in [2.24, 2.45) is 5.10 Å². The van der Waals surface area contributed by atoms with E-state index in [1.165, 1.54) is 0 Å². The molecule has 0 amide bonds. The summed E-state index contributed by atoms with van der Waals surface area (Å²) in [5, 5.41) is 16.1. The van der Waals surface area contributed by atoms with Gasteiger partial charge in [0.05, 0.1) is 12.8 Å². The van der Waals surface area contributed by atoms with E-state index in [1.807, 2.05) is 30.3 Å². The molecule has 0 aliphatic carbocycles. The Labute approximate surface area is 127 Å². The van der Waals surface area contributed by atoms with Crippen molar-refractivity contribution in [2.45, 2.75) is 13.3 Å². The van der Waals surface area contributed by atoms with Crippen LogP contribution in [-0.4, -0.2) is 32.6 Å². The van der Waals surface area contributed by atoms with E-state index < -0.39 is 0 Å². The van der Waals surface area contributed by atoms with Crippen LogP contribution in [0.5, 0.6) is 5.75 Å². The summed E-state index contributed by atoms with van der Waals surface area (Å²) >= 11 is 0. The molecule has 3 rings (SSSR count). The number of rotatable bonds is 6. The summed E-state index contributed by atoms with van der Waals surface area (Å²) in [5.74, 6) is 1.48. The molecule has 22 heavy (non-hydrogen) atoms. The molecule has 0 saturated carbocycles. The topological polar surface area (TPSA) is 76.7 Å². The maximum absolute atomic E-state index is 5.53. The van der Waals surface area contributed by atoms with E-state index in [0.717, 1.165) is 24.3 Å². The zero-order valence-corrected chi connectivity index (χ0v) is 12.2. The number of nitrogens with one attached hydrogen (secondary N) is 1. The smallest absolute Gasteiger partial charge is 0.177 e. The number of ether oxygens (including phenoxy) is 1. The van der Waals surface area contributed by atoms with Crippen molar-refractivity contribution in [3.8, 4) is 5.75 Å². The van der Waals surface area contributed by atoms with Gasteiger partial charge in [-0.1, -0.05) is 6.92 Å². The van der Waals surface area contributed by atoms with Crippen LogP contribution in [0.4, 0.5) is 5.82 Å². The van der Waals surface area contributed by atoms with Crippen LogP contribution in [0.15, 0.2) is 47.8 Å². The quantitative estimate of drug-likeness (QED) is 0.558. The number of anilines is 1. The number of hydrogen-bond donors (Lipinski definition) is 1. The highest BCUT2D eigenvalue weighted by Gasteiger charge is 1.97. The van der Waals surface area contributed by atoms with Crippen LogP contribution in [0, 0.1) is 0 Å². The Morgan fingerprint density at radius 3 is 2.91 bits per heavy atom. The van der Waals surface area contributed by atoms with Crippen LogP contribution >= 0.6 is 0 Å². The summed E-state index contributed by atoms with van der Waals surface area (Å²) in [6, 6.07) is 11.4. The molecule has 0 spiro atoms. The van der Waals surface area contributed by atoms with Crippen LogP contribution < -0.4 is 10.2 Å². The fourth-order valence-electron chi connectivity index (χ4n) is 1.83. The van der Waals surface area contributed by atoms with Gasteiger partial charge in [-0.2, -0.15) is 9.62 Å². The lowest BCUT2D eigenvalue weighted by Gasteiger charge is -2.04. The Morgan fingerprint density at radius 1 is 1.23 bits per heavy atom. The number of hydrogen-bond acceptors (Lipinski definition) is 6. The number of nitrogens with zero attached hydrogens (tertiary/aromatic N) is 5. The molecular formula is C15H16N6O. The highest BCUT2D eigenvalue weighted by Crippen LogP contribution is 2.11. The van der Waals surface area contributed by atoms with Gasteiger partial charge in [-0.05, 0) is 48.4 Å². The van der Waals surface area contributed by atoms with Gasteiger partial charge in [-0.15, -0.1) is 15.3 Å². The molecule has 0 unspecified atom stereocenters. The van der Waals surface area contributed by atoms with Gasteiger partial charge in [0.2, 0.25) is 0 Å². The van der Waals surface area contributed by atoms with Crippen molar-refractivity contribution >= 4 is 17.7 Å². The minimum Gasteiger partial charge on any atom is -0.494 e. The third kappa shape index (κ3) is 3.38. The lowest BCUT2D eigenvalue weighted by Crippen LogP contribution is -1.98. The second-order valence-electron chi connectivity index (χ2n) is 4.64. The highest BCUT2D eigenvalue weighted by molar-refractivity contribution is 5.80. The summed E-state index contributed by atoms with van der Waals surface area (Å²) in [4.78, 5) is 0. The van der Waals surface area contributed by atoms with E-state index >= 15 is 0 Å². The molecule has 0 aliphatic rings. The number of hydrazone groups is 1. The third-order valence-electron chi connectivity index (χ3n) is 2.91. The van der Waals surface area contributed by atoms with Crippen LogP contribution in [0.3, 0.4) is 0 Å². The molecule has 0 atom stereocenters. The van der Waals surface area contributed by atoms with Crippen LogP contribution in [0.1, 0.15) is 18.9 Å². The summed E-state index contributed by atoms with van der Waals surface area (Å²) in [5.41, 5.74) is 4.54. The Balaban J connectivity index is 1.61. The zero-order valence-electron chi connectivity index (χ0n) is 12.2. The fraction of sp³-hybridized carbons (Fsp3) is 0.200. The molecule has 112 valence electrons. The summed E-state index contributed by atoms with van der Waals surface area (Å²) in [6.07, 6.45) is 4.26. The van der Waals surface area contributed by atoms with Crippen molar-refractivity contribution < 1.29 is 4.74 Å². The van der Waals surface area contributed by atoms with Crippen molar-refractivity contribution in [1.82, 2.24) is 19.8 Å². The Bertz CT molecular complexity index is 765. The predicted molar refractivity (Wildman–Crippen MR) is 84.2 cm³/mol. The maximum atomic E-state index is 5.53. The lowest BCUT2D eigenvalue weighted by molar-refractivity contribution is 0.317. The van der Waals surface area contributed by atoms with E-state index in [9.17, 15) is 0 Å². The van der Waals surface area contributed by atoms with Gasteiger partial charge >= 0.3 is 0 Å². The standard InChI is InChI=1S/C15H16N6O/c1-2-9-22-13-5-3-12(4-6-13)10-16-18-14-7-8-15-19-17-11-21(15)20-14/h3-8,10-11H,2,9H2,1H3,(H,18,20). The average molecular weight is 296 g/mol. The van der Waals surface area contributed by atoms with Gasteiger partial charge in [-0.3, -0.25) is 5.43 Å². The van der Waals surface area contributed by atoms with Crippen LogP contribution in [0.25, 0.3) is 5.65 Å². The highest BCUT2D eigenvalue weighted by atomic mass is 16.5. The lowest BCUT2D eigenvalue weighted by atomic mass is 10.2. The van der Waals surface area contributed by atoms with Crippen LogP contribution in [0.2, 0.25) is 0 Å². The van der Waals surface area contributed by atoms with Crippen molar-refractivity contribution in [3.63, 3.8) is 0 Å². The largest absolute Gasteiger partial charge is 0.494 e. The normalized spacial score (nSPS) is 11.1. The SMILES string of the molecule is CCCOc1ccc(C=NNc2ccc3nncn3n2)cc1. The van der Waals surface area contributed by atoms with Crippen molar-refractivity contribution in [1.29, 1.82) is 0 Å². The molecule has 7 heteroatoms. The number of fused-ring (bicyclic) bond motifs is 1. The monoisotopic (exact) mass is 296 g/mol. The van der Waals surface area contributed by atoms with E-state index in [4.69, 9.17) is 4.74 Å². The Morgan fingerprint density at radius 2 is 2.09 bits per heavy atom. The summed E-state index contributed by atoms with van der Waals surface area (Å²) in [7, 11) is 0. The van der Waals surface area contributed by atoms with Crippen molar-refractivity contribution in [3.05, 3.63) is 48.3 Å². The summed E-state index contributed by atoms with van der Waals surface area (Å²) in [6.45, 7) is 2.81. The fourth-order valence-corrected chi connectivity index (χ4v) is 1.83. The zero-order chi connectivity index (χ0) is 15.2. The van der Waals surface area contributed by atoms with Gasteiger partial charge in [0.15, 0.2) is 11.5 Å². The predicted octanol–water partition coefficient (Wildman–Crippen LogP) is 2.36. The molecule has 0 aliphatic heterocycles. The number of aromatic nitrogens is 4. The van der Waals surface area contributed by atoms with E-state index in [2.05, 4.69) is 32.7 Å². The third-order valence-corrected chi connectivity index (χ3v) is 2.91. The molecule has 7 nitrogen and oxygen atoms in total. The Hall–Kier alpha value is -2.96. The minimum absolute atomic E-state index is 0.617. The first kappa shape index (κ1) is 14.0. The van der Waals surface area contributed by atoms with E-state index in [0.29, 0.717) is 11.5 Å². The molecule has 2 heterocycles. The number of benzene rings is 1. The first-order valence-corrected chi connectivity index (χ1v) is 7.04. The molecule has 1 aromatic carbocycles.